The Balaban J connectivity index is 1.71. The number of sulfone groups is 1. The zero-order valence-corrected chi connectivity index (χ0v) is 14.4. The Morgan fingerprint density at radius 1 is 1.40 bits per heavy atom. The molecular weight excluding hydrogens is 349 g/mol. The molecule has 0 saturated carbocycles. The molecule has 0 unspecified atom stereocenters. The molecule has 0 radical (unpaired) electrons. The lowest BCUT2D eigenvalue weighted by Crippen LogP contribution is -2.38. The molecule has 134 valence electrons. The normalized spacial score (nSPS) is 20.1. The predicted molar refractivity (Wildman–Crippen MR) is 90.3 cm³/mol. The van der Waals surface area contributed by atoms with E-state index in [2.05, 4.69) is 10.5 Å². The van der Waals surface area contributed by atoms with E-state index in [0.717, 1.165) is 0 Å². The fourth-order valence-corrected chi connectivity index (χ4v) is 4.42. The Hall–Kier alpha value is -2.42. The molecule has 1 aliphatic rings. The van der Waals surface area contributed by atoms with Crippen molar-refractivity contribution < 1.29 is 22.1 Å². The molecular formula is C16H18FN3O4S. The molecule has 1 N–H and O–H groups in total. The molecule has 1 aromatic heterocycles. The number of rotatable bonds is 2. The molecule has 0 aliphatic carbocycles. The lowest BCUT2D eigenvalue weighted by molar-refractivity contribution is 0.209. The van der Waals surface area contributed by atoms with Crippen LogP contribution in [-0.2, 0) is 9.84 Å². The monoisotopic (exact) mass is 367 g/mol. The highest BCUT2D eigenvalue weighted by molar-refractivity contribution is 7.91. The van der Waals surface area contributed by atoms with Gasteiger partial charge in [0.25, 0.3) is 0 Å². The van der Waals surface area contributed by atoms with Crippen LogP contribution >= 0.6 is 0 Å². The van der Waals surface area contributed by atoms with E-state index in [-0.39, 0.29) is 41.1 Å². The summed E-state index contributed by atoms with van der Waals surface area (Å²) < 4.78 is 42.4. The number of carbonyl (C=O) groups excluding carboxylic acids is 1. The first-order valence-corrected chi connectivity index (χ1v) is 9.64. The number of benzene rings is 1. The third-order valence-electron chi connectivity index (χ3n) is 3.91. The maximum absolute atomic E-state index is 13.8. The van der Waals surface area contributed by atoms with Gasteiger partial charge in [0, 0.05) is 19.2 Å². The van der Waals surface area contributed by atoms with Gasteiger partial charge in [-0.1, -0.05) is 24.2 Å². The van der Waals surface area contributed by atoms with Gasteiger partial charge in [0.1, 0.15) is 5.82 Å². The van der Waals surface area contributed by atoms with Gasteiger partial charge in [-0.05, 0) is 18.1 Å². The summed E-state index contributed by atoms with van der Waals surface area (Å²) >= 11 is 0. The summed E-state index contributed by atoms with van der Waals surface area (Å²) in [4.78, 5) is 13.8. The van der Waals surface area contributed by atoms with Crippen molar-refractivity contribution in [2.45, 2.75) is 6.92 Å². The third-order valence-corrected chi connectivity index (χ3v) is 5.80. The Bertz CT molecular complexity index is 881. The number of nitrogens with zero attached hydrogens (tertiary/aromatic N) is 2. The number of anilines is 1. The molecule has 1 aromatic carbocycles. The van der Waals surface area contributed by atoms with E-state index in [9.17, 15) is 17.6 Å². The second-order valence-electron chi connectivity index (χ2n) is 6.15. The van der Waals surface area contributed by atoms with Gasteiger partial charge in [-0.15, -0.1) is 0 Å². The van der Waals surface area contributed by atoms with Gasteiger partial charge in [0.05, 0.1) is 17.1 Å². The first-order chi connectivity index (χ1) is 11.8. The number of aromatic nitrogens is 1. The second-order valence-corrected chi connectivity index (χ2v) is 8.38. The van der Waals surface area contributed by atoms with Crippen molar-refractivity contribution in [3.63, 3.8) is 0 Å². The van der Waals surface area contributed by atoms with Gasteiger partial charge in [-0.3, -0.25) is 5.32 Å². The lowest BCUT2D eigenvalue weighted by Gasteiger charge is -2.21. The summed E-state index contributed by atoms with van der Waals surface area (Å²) in [5.41, 5.74) is 0.241. The maximum atomic E-state index is 13.8. The van der Waals surface area contributed by atoms with Gasteiger partial charge in [0.2, 0.25) is 0 Å². The van der Waals surface area contributed by atoms with E-state index in [1.165, 1.54) is 17.0 Å². The van der Waals surface area contributed by atoms with Crippen molar-refractivity contribution >= 4 is 21.7 Å². The number of hydrogen-bond acceptors (Lipinski definition) is 5. The van der Waals surface area contributed by atoms with Crippen LogP contribution in [0.4, 0.5) is 15.0 Å². The third kappa shape index (κ3) is 4.16. The van der Waals surface area contributed by atoms with Gasteiger partial charge >= 0.3 is 6.03 Å². The number of urea groups is 1. The van der Waals surface area contributed by atoms with Crippen LogP contribution < -0.4 is 5.32 Å². The SMILES string of the molecule is C[C@@H]1CN(C(=O)Nc2cc(-c3ccccc3F)on2)CCS(=O)(=O)C1. The lowest BCUT2D eigenvalue weighted by atomic mass is 10.1. The Kier molecular flexibility index (Phi) is 4.76. The summed E-state index contributed by atoms with van der Waals surface area (Å²) in [7, 11) is -3.14. The number of amides is 2. The molecule has 3 rings (SSSR count). The van der Waals surface area contributed by atoms with E-state index < -0.39 is 21.7 Å². The summed E-state index contributed by atoms with van der Waals surface area (Å²) in [6.45, 7) is 2.25. The summed E-state index contributed by atoms with van der Waals surface area (Å²) in [5, 5.41) is 6.28. The average molecular weight is 367 g/mol. The molecule has 0 bridgehead atoms. The van der Waals surface area contributed by atoms with Crippen LogP contribution in [0.25, 0.3) is 11.3 Å². The number of carbonyl (C=O) groups is 1. The first kappa shape index (κ1) is 17.4. The molecule has 1 saturated heterocycles. The number of halogens is 1. The Morgan fingerprint density at radius 2 is 2.16 bits per heavy atom. The van der Waals surface area contributed by atoms with Gasteiger partial charge in [-0.2, -0.15) is 0 Å². The minimum Gasteiger partial charge on any atom is -0.354 e. The van der Waals surface area contributed by atoms with Gasteiger partial charge in [-0.25, -0.2) is 17.6 Å². The largest absolute Gasteiger partial charge is 0.354 e. The molecule has 9 heteroatoms. The van der Waals surface area contributed by atoms with E-state index in [4.69, 9.17) is 4.52 Å². The standard InChI is InChI=1S/C16H18FN3O4S/c1-11-9-20(6-7-25(22,23)10-11)16(21)18-15-8-14(24-19-15)12-4-2-3-5-13(12)17/h2-5,8,11H,6-7,9-10H2,1H3,(H,18,19,21)/t11-/m1/s1. The van der Waals surface area contributed by atoms with E-state index in [0.29, 0.717) is 6.54 Å². The number of nitrogens with one attached hydrogen (secondary N) is 1. The molecule has 2 aromatic rings. The minimum atomic E-state index is -3.14. The molecule has 25 heavy (non-hydrogen) atoms. The summed E-state index contributed by atoms with van der Waals surface area (Å²) in [6, 6.07) is 7.04. The van der Waals surface area contributed by atoms with Gasteiger partial charge in [0.15, 0.2) is 21.4 Å². The van der Waals surface area contributed by atoms with Crippen LogP contribution in [0.1, 0.15) is 6.92 Å². The van der Waals surface area contributed by atoms with Crippen molar-refractivity contribution in [3.8, 4) is 11.3 Å². The van der Waals surface area contributed by atoms with Crippen molar-refractivity contribution in [2.75, 3.05) is 29.9 Å². The fourth-order valence-electron chi connectivity index (χ4n) is 2.78. The van der Waals surface area contributed by atoms with Crippen molar-refractivity contribution in [1.82, 2.24) is 10.1 Å². The van der Waals surface area contributed by atoms with Gasteiger partial charge < -0.3 is 9.42 Å². The molecule has 7 nitrogen and oxygen atoms in total. The highest BCUT2D eigenvalue weighted by Gasteiger charge is 2.27. The highest BCUT2D eigenvalue weighted by atomic mass is 32.2. The predicted octanol–water partition coefficient (Wildman–Crippen LogP) is 2.38. The average Bonchev–Trinajstić information content (AvgIpc) is 2.93. The molecule has 1 aliphatic heterocycles. The van der Waals surface area contributed by atoms with Crippen molar-refractivity contribution in [1.29, 1.82) is 0 Å². The van der Waals surface area contributed by atoms with Crippen molar-refractivity contribution in [2.24, 2.45) is 5.92 Å². The van der Waals surface area contributed by atoms with E-state index >= 15 is 0 Å². The molecule has 1 atom stereocenters. The smallest absolute Gasteiger partial charge is 0.323 e. The molecule has 2 amide bonds. The highest BCUT2D eigenvalue weighted by Crippen LogP contribution is 2.25. The summed E-state index contributed by atoms with van der Waals surface area (Å²) in [6.07, 6.45) is 0. The van der Waals surface area contributed by atoms with E-state index in [1.807, 2.05) is 0 Å². The van der Waals surface area contributed by atoms with Crippen LogP contribution in [0.15, 0.2) is 34.9 Å². The fraction of sp³-hybridized carbons (Fsp3) is 0.375. The molecule has 2 heterocycles. The van der Waals surface area contributed by atoms with Crippen LogP contribution in [0.2, 0.25) is 0 Å². The van der Waals surface area contributed by atoms with E-state index in [1.54, 1.807) is 25.1 Å². The van der Waals surface area contributed by atoms with Crippen LogP contribution in [0.3, 0.4) is 0 Å². The van der Waals surface area contributed by atoms with Crippen LogP contribution in [0.5, 0.6) is 0 Å². The zero-order chi connectivity index (χ0) is 18.0. The van der Waals surface area contributed by atoms with Crippen LogP contribution in [-0.4, -0.2) is 49.1 Å². The van der Waals surface area contributed by atoms with Crippen LogP contribution in [0, 0.1) is 11.7 Å². The Labute approximate surface area is 144 Å². The topological polar surface area (TPSA) is 92.5 Å². The molecule has 0 spiro atoms. The zero-order valence-electron chi connectivity index (χ0n) is 13.6. The minimum absolute atomic E-state index is 0.0654. The number of hydrogen-bond donors (Lipinski definition) is 1. The quantitative estimate of drug-likeness (QED) is 0.880. The first-order valence-electron chi connectivity index (χ1n) is 7.82. The second kappa shape index (κ2) is 6.83. The van der Waals surface area contributed by atoms with Crippen molar-refractivity contribution in [3.05, 3.63) is 36.1 Å². The maximum Gasteiger partial charge on any atom is 0.323 e. The summed E-state index contributed by atoms with van der Waals surface area (Å²) in [5.74, 6) is -0.266. The molecule has 1 fully saturated rings. The Morgan fingerprint density at radius 3 is 2.92 bits per heavy atom.